The van der Waals surface area contributed by atoms with Gasteiger partial charge in [-0.25, -0.2) is 0 Å². The molecule has 28 heavy (non-hydrogen) atoms. The topological polar surface area (TPSA) is 17.1 Å². The molecule has 1 nitrogen and oxygen atoms in total. The van der Waals surface area contributed by atoms with Crippen molar-refractivity contribution < 1.29 is 4.79 Å². The van der Waals surface area contributed by atoms with Crippen LogP contribution in [-0.2, 0) is 4.79 Å². The van der Waals surface area contributed by atoms with Crippen molar-refractivity contribution in [3.05, 3.63) is 0 Å². The molecule has 0 aliphatic heterocycles. The van der Waals surface area contributed by atoms with E-state index in [0.717, 1.165) is 36.0 Å². The highest BCUT2D eigenvalue weighted by atomic mass is 16.1. The lowest BCUT2D eigenvalue weighted by atomic mass is 9.35. The molecule has 0 N–H and O–H groups in total. The van der Waals surface area contributed by atoms with Gasteiger partial charge in [-0.2, -0.15) is 0 Å². The number of ketones is 1. The van der Waals surface area contributed by atoms with E-state index >= 15 is 0 Å². The van der Waals surface area contributed by atoms with E-state index in [0.29, 0.717) is 33.4 Å². The Morgan fingerprint density at radius 2 is 1.57 bits per heavy atom. The Labute approximate surface area is 173 Å². The zero-order valence-electron chi connectivity index (χ0n) is 19.4. The number of carbonyl (C=O) groups excluding carboxylic acids is 1. The summed E-state index contributed by atoms with van der Waals surface area (Å²) in [6.07, 6.45) is 13.2. The molecule has 9 unspecified atom stereocenters. The van der Waals surface area contributed by atoms with Gasteiger partial charge in [-0.15, -0.1) is 0 Å². The van der Waals surface area contributed by atoms with Gasteiger partial charge in [0.15, 0.2) is 0 Å². The summed E-state index contributed by atoms with van der Waals surface area (Å²) in [7, 11) is 0. The van der Waals surface area contributed by atoms with Crippen molar-refractivity contribution >= 4 is 5.78 Å². The minimum absolute atomic E-state index is 0.298. The molecule has 0 aromatic carbocycles. The molecule has 0 heterocycles. The quantitative estimate of drug-likeness (QED) is 0.464. The van der Waals surface area contributed by atoms with Crippen molar-refractivity contribution in [1.29, 1.82) is 0 Å². The van der Waals surface area contributed by atoms with Crippen LogP contribution in [0.3, 0.4) is 0 Å². The van der Waals surface area contributed by atoms with Gasteiger partial charge in [-0.1, -0.05) is 41.5 Å². The van der Waals surface area contributed by atoms with E-state index in [2.05, 4.69) is 41.5 Å². The third kappa shape index (κ3) is 2.18. The molecule has 1 heteroatoms. The van der Waals surface area contributed by atoms with Crippen LogP contribution in [0.15, 0.2) is 0 Å². The van der Waals surface area contributed by atoms with Crippen molar-refractivity contribution in [2.24, 2.45) is 57.2 Å². The molecule has 5 fully saturated rings. The molecular formula is C27H44O. The van der Waals surface area contributed by atoms with Crippen LogP contribution in [0.2, 0.25) is 0 Å². The third-order valence-electron chi connectivity index (χ3n) is 12.3. The molecule has 0 aromatic rings. The molecule has 5 rings (SSSR count). The SMILES string of the molecule is CC(C)C1CCC2(C)CCC3(C)C(CCC4C5(C)CCC(=O)C5CCC43C)C12. The molecule has 5 aliphatic rings. The van der Waals surface area contributed by atoms with Gasteiger partial charge in [0.2, 0.25) is 0 Å². The summed E-state index contributed by atoms with van der Waals surface area (Å²) in [5.41, 5.74) is 1.83. The maximum atomic E-state index is 12.7. The van der Waals surface area contributed by atoms with Crippen molar-refractivity contribution in [3.8, 4) is 0 Å². The Balaban J connectivity index is 1.55. The molecule has 0 amide bonds. The Hall–Kier alpha value is -0.330. The second kappa shape index (κ2) is 5.88. The van der Waals surface area contributed by atoms with E-state index in [4.69, 9.17) is 0 Å². The Kier molecular flexibility index (Phi) is 4.12. The first-order valence-electron chi connectivity index (χ1n) is 12.6. The second-order valence-corrected chi connectivity index (χ2v) is 13.3. The van der Waals surface area contributed by atoms with Crippen LogP contribution in [0.1, 0.15) is 106 Å². The molecule has 5 aliphatic carbocycles. The summed E-state index contributed by atoms with van der Waals surface area (Å²) in [4.78, 5) is 12.7. The van der Waals surface area contributed by atoms with Crippen molar-refractivity contribution in [2.45, 2.75) is 106 Å². The van der Waals surface area contributed by atoms with Gasteiger partial charge in [0.1, 0.15) is 5.78 Å². The maximum Gasteiger partial charge on any atom is 0.136 e. The first-order valence-corrected chi connectivity index (χ1v) is 12.6. The largest absolute Gasteiger partial charge is 0.299 e. The van der Waals surface area contributed by atoms with Crippen molar-refractivity contribution in [1.82, 2.24) is 0 Å². The normalized spacial score (nSPS) is 58.2. The highest BCUT2D eigenvalue weighted by molar-refractivity contribution is 5.84. The summed E-state index contributed by atoms with van der Waals surface area (Å²) < 4.78 is 0. The van der Waals surface area contributed by atoms with Crippen LogP contribution in [0.4, 0.5) is 0 Å². The fraction of sp³-hybridized carbons (Fsp3) is 0.963. The average molecular weight is 385 g/mol. The summed E-state index contributed by atoms with van der Waals surface area (Å²) in [5, 5.41) is 0. The van der Waals surface area contributed by atoms with Gasteiger partial charge in [0, 0.05) is 12.3 Å². The summed E-state index contributed by atoms with van der Waals surface area (Å²) in [6, 6.07) is 0. The van der Waals surface area contributed by atoms with Gasteiger partial charge >= 0.3 is 0 Å². The van der Waals surface area contributed by atoms with Gasteiger partial charge in [0.25, 0.3) is 0 Å². The van der Waals surface area contributed by atoms with E-state index in [1.807, 2.05) is 0 Å². The molecular weight excluding hydrogens is 340 g/mol. The third-order valence-corrected chi connectivity index (χ3v) is 12.3. The summed E-state index contributed by atoms with van der Waals surface area (Å²) in [6.45, 7) is 15.6. The predicted molar refractivity (Wildman–Crippen MR) is 116 cm³/mol. The fourth-order valence-electron chi connectivity index (χ4n) is 10.6. The van der Waals surface area contributed by atoms with Gasteiger partial charge < -0.3 is 0 Å². The zero-order chi connectivity index (χ0) is 20.1. The molecule has 0 aromatic heterocycles. The van der Waals surface area contributed by atoms with Crippen LogP contribution < -0.4 is 0 Å². The first-order chi connectivity index (χ1) is 13.1. The van der Waals surface area contributed by atoms with Crippen molar-refractivity contribution in [3.63, 3.8) is 0 Å². The van der Waals surface area contributed by atoms with Crippen molar-refractivity contribution in [2.75, 3.05) is 0 Å². The van der Waals surface area contributed by atoms with Crippen LogP contribution >= 0.6 is 0 Å². The molecule has 9 atom stereocenters. The maximum absolute atomic E-state index is 12.7. The van der Waals surface area contributed by atoms with E-state index in [-0.39, 0.29) is 0 Å². The zero-order valence-corrected chi connectivity index (χ0v) is 19.4. The smallest absolute Gasteiger partial charge is 0.136 e. The summed E-state index contributed by atoms with van der Waals surface area (Å²) >= 11 is 0. The van der Waals surface area contributed by atoms with Crippen LogP contribution in [0.5, 0.6) is 0 Å². The Morgan fingerprint density at radius 3 is 2.29 bits per heavy atom. The monoisotopic (exact) mass is 384 g/mol. The average Bonchev–Trinajstić information content (AvgIpc) is 3.13. The standard InChI is InChI=1S/C27H44O/c1-17(2)18-9-12-24(3)15-16-26(5)20(23(18)24)7-8-22-25(4)13-11-21(28)19(25)10-14-27(22,26)6/h17-20,22-23H,7-16H2,1-6H3. The highest BCUT2D eigenvalue weighted by Crippen LogP contribution is 2.76. The number of Topliss-reactive ketones (excluding diaryl/α,β-unsaturated/α-hetero) is 1. The number of carbonyl (C=O) groups is 1. The lowest BCUT2D eigenvalue weighted by molar-refractivity contribution is -0.213. The molecule has 158 valence electrons. The molecule has 0 radical (unpaired) electrons. The van der Waals surface area contributed by atoms with E-state index in [9.17, 15) is 4.79 Å². The number of hydrogen-bond acceptors (Lipinski definition) is 1. The first kappa shape index (κ1) is 19.6. The summed E-state index contributed by atoms with van der Waals surface area (Å²) in [5.74, 6) is 5.39. The molecule has 0 saturated heterocycles. The number of hydrogen-bond donors (Lipinski definition) is 0. The Morgan fingerprint density at radius 1 is 0.821 bits per heavy atom. The van der Waals surface area contributed by atoms with Gasteiger partial charge in [0.05, 0.1) is 0 Å². The number of fused-ring (bicyclic) bond motifs is 7. The Bertz CT molecular complexity index is 680. The predicted octanol–water partition coefficient (Wildman–Crippen LogP) is 7.29. The van der Waals surface area contributed by atoms with Crippen LogP contribution in [-0.4, -0.2) is 5.78 Å². The second-order valence-electron chi connectivity index (χ2n) is 13.3. The van der Waals surface area contributed by atoms with E-state index in [1.165, 1.54) is 57.8 Å². The highest BCUT2D eigenvalue weighted by Gasteiger charge is 2.69. The lowest BCUT2D eigenvalue weighted by Gasteiger charge is -2.70. The minimum atomic E-state index is 0.298. The number of rotatable bonds is 1. The molecule has 5 saturated carbocycles. The fourth-order valence-corrected chi connectivity index (χ4v) is 10.6. The van der Waals surface area contributed by atoms with Gasteiger partial charge in [-0.05, 0) is 109 Å². The van der Waals surface area contributed by atoms with Crippen LogP contribution in [0, 0.1) is 57.2 Å². The van der Waals surface area contributed by atoms with E-state index < -0.39 is 0 Å². The minimum Gasteiger partial charge on any atom is -0.299 e. The lowest BCUT2D eigenvalue weighted by Crippen LogP contribution is -2.63. The van der Waals surface area contributed by atoms with E-state index in [1.54, 1.807) is 0 Å². The molecule has 0 bridgehead atoms. The van der Waals surface area contributed by atoms with Gasteiger partial charge in [-0.3, -0.25) is 4.79 Å². The van der Waals surface area contributed by atoms with Crippen LogP contribution in [0.25, 0.3) is 0 Å². The molecule has 0 spiro atoms.